The number of benzene rings is 2. The number of aromatic nitrogens is 1. The minimum atomic E-state index is 0.0373. The molecule has 0 saturated heterocycles. The fraction of sp³-hybridized carbons (Fsp3) is 0.318. The Labute approximate surface area is 158 Å². The standard InChI is InChI=1S/C22H24N2O3/c1-26-20-11-14-7-9-19(17(14)12-21(20)27-2)24-22(25)10-8-15-13-23-18-6-4-3-5-16(15)18/h3-6,11-13,19,23H,7-10H2,1-2H3,(H,24,25). The van der Waals surface area contributed by atoms with Crippen molar-refractivity contribution in [3.8, 4) is 11.5 Å². The van der Waals surface area contributed by atoms with Crippen LogP contribution in [0.25, 0.3) is 10.9 Å². The number of aryl methyl sites for hydroxylation is 2. The number of amides is 1. The third kappa shape index (κ3) is 3.37. The van der Waals surface area contributed by atoms with E-state index in [4.69, 9.17) is 9.47 Å². The topological polar surface area (TPSA) is 63.4 Å². The lowest BCUT2D eigenvalue weighted by Crippen LogP contribution is -2.27. The number of nitrogens with one attached hydrogen (secondary N) is 2. The molecule has 0 bridgehead atoms. The molecule has 0 aliphatic heterocycles. The molecule has 2 N–H and O–H groups in total. The fourth-order valence-corrected chi connectivity index (χ4v) is 3.94. The zero-order chi connectivity index (χ0) is 18.8. The second kappa shape index (κ2) is 7.35. The number of rotatable bonds is 6. The lowest BCUT2D eigenvalue weighted by Gasteiger charge is -2.16. The molecule has 0 fully saturated rings. The molecular formula is C22H24N2O3. The lowest BCUT2D eigenvalue weighted by molar-refractivity contribution is -0.121. The van der Waals surface area contributed by atoms with Gasteiger partial charge in [-0.2, -0.15) is 0 Å². The minimum absolute atomic E-state index is 0.0373. The Hall–Kier alpha value is -2.95. The second-order valence-electron chi connectivity index (χ2n) is 6.92. The Bertz CT molecular complexity index is 977. The van der Waals surface area contributed by atoms with Crippen LogP contribution in [0.5, 0.6) is 11.5 Å². The van der Waals surface area contributed by atoms with E-state index in [0.29, 0.717) is 12.2 Å². The number of hydrogen-bond donors (Lipinski definition) is 2. The van der Waals surface area contributed by atoms with Gasteiger partial charge in [0.15, 0.2) is 11.5 Å². The summed E-state index contributed by atoms with van der Waals surface area (Å²) in [6, 6.07) is 12.2. The molecule has 1 aliphatic rings. The van der Waals surface area contributed by atoms with E-state index < -0.39 is 0 Å². The third-order valence-corrected chi connectivity index (χ3v) is 5.35. The van der Waals surface area contributed by atoms with Crippen molar-refractivity contribution in [2.75, 3.05) is 14.2 Å². The number of carbonyl (C=O) groups is 1. The number of carbonyl (C=O) groups excluding carboxylic acids is 1. The highest BCUT2D eigenvalue weighted by Gasteiger charge is 2.26. The molecule has 1 aliphatic carbocycles. The van der Waals surface area contributed by atoms with Gasteiger partial charge in [-0.1, -0.05) is 18.2 Å². The van der Waals surface area contributed by atoms with E-state index in [1.807, 2.05) is 30.5 Å². The van der Waals surface area contributed by atoms with Gasteiger partial charge in [0.2, 0.25) is 5.91 Å². The normalized spacial score (nSPS) is 15.6. The third-order valence-electron chi connectivity index (χ3n) is 5.35. The average molecular weight is 364 g/mol. The Morgan fingerprint density at radius 1 is 1.19 bits per heavy atom. The first kappa shape index (κ1) is 17.5. The maximum absolute atomic E-state index is 12.5. The highest BCUT2D eigenvalue weighted by atomic mass is 16.5. The summed E-state index contributed by atoms with van der Waals surface area (Å²) in [6.07, 6.45) is 5.04. The van der Waals surface area contributed by atoms with Gasteiger partial charge in [-0.15, -0.1) is 0 Å². The molecular weight excluding hydrogens is 340 g/mol. The van der Waals surface area contributed by atoms with E-state index in [-0.39, 0.29) is 11.9 Å². The molecule has 0 spiro atoms. The van der Waals surface area contributed by atoms with Crippen molar-refractivity contribution in [2.45, 2.75) is 31.7 Å². The first-order valence-electron chi connectivity index (χ1n) is 9.28. The van der Waals surface area contributed by atoms with Gasteiger partial charge in [0.1, 0.15) is 0 Å². The molecule has 0 radical (unpaired) electrons. The van der Waals surface area contributed by atoms with Gasteiger partial charge in [-0.25, -0.2) is 0 Å². The van der Waals surface area contributed by atoms with Crippen molar-refractivity contribution >= 4 is 16.8 Å². The number of aromatic amines is 1. The number of hydrogen-bond acceptors (Lipinski definition) is 3. The van der Waals surface area contributed by atoms with Crippen molar-refractivity contribution in [3.05, 3.63) is 59.3 Å². The molecule has 1 unspecified atom stereocenters. The molecule has 1 aromatic heterocycles. The maximum atomic E-state index is 12.5. The van der Waals surface area contributed by atoms with Crippen molar-refractivity contribution in [2.24, 2.45) is 0 Å². The molecule has 1 heterocycles. The first-order valence-corrected chi connectivity index (χ1v) is 9.28. The van der Waals surface area contributed by atoms with E-state index in [1.54, 1.807) is 14.2 Å². The molecule has 3 aromatic rings. The number of methoxy groups -OCH3 is 2. The van der Waals surface area contributed by atoms with Gasteiger partial charge in [-0.05, 0) is 54.2 Å². The zero-order valence-corrected chi connectivity index (χ0v) is 15.7. The summed E-state index contributed by atoms with van der Waals surface area (Å²) < 4.78 is 10.8. The van der Waals surface area contributed by atoms with Crippen molar-refractivity contribution in [1.29, 1.82) is 0 Å². The Kier molecular flexibility index (Phi) is 4.75. The summed E-state index contributed by atoms with van der Waals surface area (Å²) in [5.74, 6) is 1.52. The SMILES string of the molecule is COc1cc2c(cc1OC)C(NC(=O)CCc1c[nH]c3ccccc13)CC2. The summed E-state index contributed by atoms with van der Waals surface area (Å²) in [5, 5.41) is 4.38. The van der Waals surface area contributed by atoms with Crippen molar-refractivity contribution in [1.82, 2.24) is 10.3 Å². The summed E-state index contributed by atoms with van der Waals surface area (Å²) in [7, 11) is 3.27. The predicted molar refractivity (Wildman–Crippen MR) is 105 cm³/mol. The Balaban J connectivity index is 1.43. The molecule has 1 amide bonds. The number of para-hydroxylation sites is 1. The van der Waals surface area contributed by atoms with Crippen LogP contribution in [-0.4, -0.2) is 25.1 Å². The van der Waals surface area contributed by atoms with Crippen LogP contribution in [0, 0.1) is 0 Å². The van der Waals surface area contributed by atoms with Crippen LogP contribution < -0.4 is 14.8 Å². The van der Waals surface area contributed by atoms with Crippen LogP contribution in [0.4, 0.5) is 0 Å². The highest BCUT2D eigenvalue weighted by molar-refractivity contribution is 5.84. The van der Waals surface area contributed by atoms with Gasteiger partial charge in [0.25, 0.3) is 0 Å². The van der Waals surface area contributed by atoms with Gasteiger partial charge in [0.05, 0.1) is 20.3 Å². The molecule has 1 atom stereocenters. The second-order valence-corrected chi connectivity index (χ2v) is 6.92. The van der Waals surface area contributed by atoms with Crippen molar-refractivity contribution < 1.29 is 14.3 Å². The Morgan fingerprint density at radius 2 is 1.96 bits per heavy atom. The molecule has 140 valence electrons. The van der Waals surface area contributed by atoms with E-state index in [0.717, 1.165) is 36.1 Å². The molecule has 27 heavy (non-hydrogen) atoms. The summed E-state index contributed by atoms with van der Waals surface area (Å²) in [4.78, 5) is 15.8. The molecule has 5 nitrogen and oxygen atoms in total. The quantitative estimate of drug-likeness (QED) is 0.697. The predicted octanol–water partition coefficient (Wildman–Crippen LogP) is 3.92. The van der Waals surface area contributed by atoms with E-state index in [1.165, 1.54) is 16.5 Å². The van der Waals surface area contributed by atoms with Gasteiger partial charge in [0, 0.05) is 23.5 Å². The van der Waals surface area contributed by atoms with Crippen LogP contribution in [-0.2, 0) is 17.6 Å². The summed E-state index contributed by atoms with van der Waals surface area (Å²) in [6.45, 7) is 0. The minimum Gasteiger partial charge on any atom is -0.493 e. The highest BCUT2D eigenvalue weighted by Crippen LogP contribution is 2.39. The molecule has 0 saturated carbocycles. The molecule has 4 rings (SSSR count). The van der Waals surface area contributed by atoms with Crippen LogP contribution in [0.3, 0.4) is 0 Å². The number of ether oxygens (including phenoxy) is 2. The van der Waals surface area contributed by atoms with Crippen LogP contribution in [0.15, 0.2) is 42.6 Å². The Morgan fingerprint density at radius 3 is 2.78 bits per heavy atom. The van der Waals surface area contributed by atoms with Crippen LogP contribution >= 0.6 is 0 Å². The lowest BCUT2D eigenvalue weighted by atomic mass is 10.1. The molecule has 5 heteroatoms. The van der Waals surface area contributed by atoms with Gasteiger partial charge in [-0.3, -0.25) is 4.79 Å². The van der Waals surface area contributed by atoms with Crippen LogP contribution in [0.1, 0.15) is 35.6 Å². The fourth-order valence-electron chi connectivity index (χ4n) is 3.94. The largest absolute Gasteiger partial charge is 0.493 e. The van der Waals surface area contributed by atoms with E-state index in [9.17, 15) is 4.79 Å². The number of fused-ring (bicyclic) bond motifs is 2. The van der Waals surface area contributed by atoms with Gasteiger partial charge < -0.3 is 19.8 Å². The summed E-state index contributed by atoms with van der Waals surface area (Å²) in [5.41, 5.74) is 4.64. The van der Waals surface area contributed by atoms with Gasteiger partial charge >= 0.3 is 0 Å². The monoisotopic (exact) mass is 364 g/mol. The zero-order valence-electron chi connectivity index (χ0n) is 15.7. The first-order chi connectivity index (χ1) is 13.2. The van der Waals surface area contributed by atoms with E-state index in [2.05, 4.69) is 22.4 Å². The van der Waals surface area contributed by atoms with Crippen molar-refractivity contribution in [3.63, 3.8) is 0 Å². The average Bonchev–Trinajstić information content (AvgIpc) is 3.29. The smallest absolute Gasteiger partial charge is 0.220 e. The summed E-state index contributed by atoms with van der Waals surface area (Å²) >= 11 is 0. The number of H-pyrrole nitrogens is 1. The maximum Gasteiger partial charge on any atom is 0.220 e. The van der Waals surface area contributed by atoms with E-state index >= 15 is 0 Å². The van der Waals surface area contributed by atoms with Crippen LogP contribution in [0.2, 0.25) is 0 Å². The molecule has 2 aromatic carbocycles.